The first-order valence-electron chi connectivity index (χ1n) is 5.24. The predicted octanol–water partition coefficient (Wildman–Crippen LogP) is 1.09. The van der Waals surface area contributed by atoms with Crippen LogP contribution >= 0.6 is 11.3 Å². The van der Waals surface area contributed by atoms with E-state index in [0.29, 0.717) is 17.3 Å². The molecule has 0 aromatic carbocycles. The molecule has 0 aliphatic carbocycles. The van der Waals surface area contributed by atoms with Gasteiger partial charge in [-0.15, -0.1) is 11.3 Å². The number of nitrogens with zero attached hydrogens (tertiary/aromatic N) is 1. The van der Waals surface area contributed by atoms with E-state index in [1.165, 1.54) is 15.6 Å². The van der Waals surface area contributed by atoms with Crippen LogP contribution in [0.25, 0.3) is 0 Å². The Morgan fingerprint density at radius 1 is 1.50 bits per heavy atom. The smallest absolute Gasteiger partial charge is 0.252 e. The molecule has 4 nitrogen and oxygen atoms in total. The Hall–Kier alpha value is -0.430. The second kappa shape index (κ2) is 4.10. The van der Waals surface area contributed by atoms with Crippen LogP contribution in [0.3, 0.4) is 0 Å². The molecule has 0 spiro atoms. The van der Waals surface area contributed by atoms with E-state index in [1.807, 2.05) is 19.9 Å². The molecule has 0 saturated carbocycles. The molecule has 16 heavy (non-hydrogen) atoms. The molecule has 2 rings (SSSR count). The molecule has 0 amide bonds. The number of rotatable bonds is 2. The van der Waals surface area contributed by atoms with Gasteiger partial charge in [-0.2, -0.15) is 4.31 Å². The molecule has 1 saturated heterocycles. The maximum atomic E-state index is 12.3. The van der Waals surface area contributed by atoms with E-state index in [9.17, 15) is 8.42 Å². The Morgan fingerprint density at radius 2 is 2.19 bits per heavy atom. The van der Waals surface area contributed by atoms with Crippen LogP contribution in [-0.4, -0.2) is 31.9 Å². The van der Waals surface area contributed by atoms with Crippen molar-refractivity contribution >= 4 is 21.4 Å². The summed E-state index contributed by atoms with van der Waals surface area (Å²) in [6.07, 6.45) is 0.753. The first-order chi connectivity index (χ1) is 7.41. The first kappa shape index (κ1) is 12.0. The fourth-order valence-electron chi connectivity index (χ4n) is 1.97. The zero-order valence-corrected chi connectivity index (χ0v) is 11.1. The van der Waals surface area contributed by atoms with E-state index < -0.39 is 10.0 Å². The maximum absolute atomic E-state index is 12.3. The van der Waals surface area contributed by atoms with Crippen molar-refractivity contribution in [1.82, 2.24) is 4.31 Å². The van der Waals surface area contributed by atoms with Crippen molar-refractivity contribution in [2.45, 2.75) is 30.5 Å². The molecule has 1 aromatic heterocycles. The molecule has 1 fully saturated rings. The summed E-state index contributed by atoms with van der Waals surface area (Å²) < 4.78 is 26.6. The van der Waals surface area contributed by atoms with E-state index in [4.69, 9.17) is 5.73 Å². The van der Waals surface area contributed by atoms with Gasteiger partial charge in [0, 0.05) is 24.0 Å². The molecule has 0 bridgehead atoms. The zero-order valence-electron chi connectivity index (χ0n) is 9.43. The zero-order chi connectivity index (χ0) is 11.9. The lowest BCUT2D eigenvalue weighted by molar-refractivity contribution is 0.474. The van der Waals surface area contributed by atoms with Crippen molar-refractivity contribution in [2.24, 2.45) is 5.73 Å². The van der Waals surface area contributed by atoms with Gasteiger partial charge in [-0.3, -0.25) is 0 Å². The van der Waals surface area contributed by atoms with Gasteiger partial charge in [0.1, 0.15) is 4.21 Å². The van der Waals surface area contributed by atoms with Crippen LogP contribution in [-0.2, 0) is 10.0 Å². The highest BCUT2D eigenvalue weighted by Crippen LogP contribution is 2.30. The fourth-order valence-corrected chi connectivity index (χ4v) is 5.28. The van der Waals surface area contributed by atoms with E-state index in [0.717, 1.165) is 16.9 Å². The van der Waals surface area contributed by atoms with Gasteiger partial charge in [0.25, 0.3) is 10.0 Å². The highest BCUT2D eigenvalue weighted by Gasteiger charge is 2.32. The SMILES string of the molecule is Cc1cc(C)c(S(=O)(=O)N2CCC(N)C2)s1. The number of hydrogen-bond donors (Lipinski definition) is 1. The van der Waals surface area contributed by atoms with Crippen LogP contribution in [0.2, 0.25) is 0 Å². The molecule has 90 valence electrons. The van der Waals surface area contributed by atoms with E-state index in [2.05, 4.69) is 0 Å². The summed E-state index contributed by atoms with van der Waals surface area (Å²) in [5.41, 5.74) is 6.58. The standard InChI is InChI=1S/C10H16N2O2S2/c1-7-5-8(2)15-10(7)16(13,14)12-4-3-9(11)6-12/h5,9H,3-4,6,11H2,1-2H3. The van der Waals surface area contributed by atoms with Crippen LogP contribution in [0.1, 0.15) is 16.9 Å². The van der Waals surface area contributed by atoms with E-state index in [1.54, 1.807) is 0 Å². The summed E-state index contributed by atoms with van der Waals surface area (Å²) in [4.78, 5) is 1.03. The molecule has 1 aromatic rings. The van der Waals surface area contributed by atoms with Crippen LogP contribution in [0.5, 0.6) is 0 Å². The second-order valence-corrected chi connectivity index (χ2v) is 7.63. The van der Waals surface area contributed by atoms with Gasteiger partial charge in [0.2, 0.25) is 0 Å². The highest BCUT2D eigenvalue weighted by atomic mass is 32.2. The summed E-state index contributed by atoms with van der Waals surface area (Å²) in [5, 5.41) is 0. The summed E-state index contributed by atoms with van der Waals surface area (Å²) in [5.74, 6) is 0. The minimum atomic E-state index is -3.31. The van der Waals surface area contributed by atoms with Gasteiger partial charge >= 0.3 is 0 Å². The average Bonchev–Trinajstić information content (AvgIpc) is 2.73. The Balaban J connectivity index is 2.36. The average molecular weight is 260 g/mol. The van der Waals surface area contributed by atoms with Gasteiger partial charge in [-0.1, -0.05) is 0 Å². The Labute approximate surface area is 100 Å². The summed E-state index contributed by atoms with van der Waals surface area (Å²) >= 11 is 1.34. The van der Waals surface area contributed by atoms with Gasteiger partial charge in [-0.25, -0.2) is 8.42 Å². The molecular formula is C10H16N2O2S2. The molecule has 1 atom stereocenters. The van der Waals surface area contributed by atoms with E-state index in [-0.39, 0.29) is 6.04 Å². The predicted molar refractivity (Wildman–Crippen MR) is 65.1 cm³/mol. The minimum absolute atomic E-state index is 0.0175. The van der Waals surface area contributed by atoms with Crippen molar-refractivity contribution in [3.05, 3.63) is 16.5 Å². The fraction of sp³-hybridized carbons (Fsp3) is 0.600. The maximum Gasteiger partial charge on any atom is 0.252 e. The molecule has 2 heterocycles. The van der Waals surface area contributed by atoms with Crippen LogP contribution in [0, 0.1) is 13.8 Å². The number of aryl methyl sites for hydroxylation is 2. The Morgan fingerprint density at radius 3 is 2.62 bits per heavy atom. The third-order valence-electron chi connectivity index (χ3n) is 2.76. The summed E-state index contributed by atoms with van der Waals surface area (Å²) in [6, 6.07) is 1.89. The third-order valence-corrected chi connectivity index (χ3v) is 6.39. The van der Waals surface area contributed by atoms with Gasteiger partial charge in [-0.05, 0) is 31.9 Å². The lowest BCUT2D eigenvalue weighted by atomic mass is 10.3. The molecule has 2 N–H and O–H groups in total. The molecular weight excluding hydrogens is 244 g/mol. The molecule has 1 unspecified atom stereocenters. The van der Waals surface area contributed by atoms with Crippen LogP contribution in [0.4, 0.5) is 0 Å². The molecule has 1 aliphatic rings. The monoisotopic (exact) mass is 260 g/mol. The number of thiophene rings is 1. The summed E-state index contributed by atoms with van der Waals surface area (Å²) in [7, 11) is -3.31. The van der Waals surface area contributed by atoms with Crippen molar-refractivity contribution in [1.29, 1.82) is 0 Å². The van der Waals surface area contributed by atoms with Crippen LogP contribution in [0.15, 0.2) is 10.3 Å². The number of hydrogen-bond acceptors (Lipinski definition) is 4. The lowest BCUT2D eigenvalue weighted by Crippen LogP contribution is -2.31. The quantitative estimate of drug-likeness (QED) is 0.865. The number of nitrogens with two attached hydrogens (primary N) is 1. The van der Waals surface area contributed by atoms with Crippen molar-refractivity contribution in [3.8, 4) is 0 Å². The lowest BCUT2D eigenvalue weighted by Gasteiger charge is -2.15. The molecule has 0 radical (unpaired) electrons. The first-order valence-corrected chi connectivity index (χ1v) is 7.49. The topological polar surface area (TPSA) is 63.4 Å². The van der Waals surface area contributed by atoms with E-state index >= 15 is 0 Å². The third kappa shape index (κ3) is 2.02. The summed E-state index contributed by atoms with van der Waals surface area (Å²) in [6.45, 7) is 4.75. The Kier molecular flexibility index (Phi) is 3.09. The largest absolute Gasteiger partial charge is 0.326 e. The van der Waals surface area contributed by atoms with Crippen LogP contribution < -0.4 is 5.73 Å². The Bertz CT molecular complexity index is 493. The van der Waals surface area contributed by atoms with Gasteiger partial charge < -0.3 is 5.73 Å². The highest BCUT2D eigenvalue weighted by molar-refractivity contribution is 7.91. The minimum Gasteiger partial charge on any atom is -0.326 e. The van der Waals surface area contributed by atoms with Crippen molar-refractivity contribution in [2.75, 3.05) is 13.1 Å². The number of sulfonamides is 1. The molecule has 1 aliphatic heterocycles. The molecule has 6 heteroatoms. The second-order valence-electron chi connectivity index (χ2n) is 4.24. The normalized spacial score (nSPS) is 22.8. The van der Waals surface area contributed by atoms with Gasteiger partial charge in [0.15, 0.2) is 0 Å². The van der Waals surface area contributed by atoms with Crippen molar-refractivity contribution < 1.29 is 8.42 Å². The van der Waals surface area contributed by atoms with Gasteiger partial charge in [0.05, 0.1) is 0 Å². The van der Waals surface area contributed by atoms with Crippen molar-refractivity contribution in [3.63, 3.8) is 0 Å².